The molecule has 0 spiro atoms. The van der Waals surface area contributed by atoms with Gasteiger partial charge < -0.3 is 9.47 Å². The van der Waals surface area contributed by atoms with Crippen LogP contribution >= 0.6 is 0 Å². The molecule has 0 aliphatic rings. The normalized spacial score (nSPS) is 10.4. The van der Waals surface area contributed by atoms with Crippen molar-refractivity contribution in [1.82, 2.24) is 15.0 Å². The molecular weight excluding hydrogens is 280 g/mol. The van der Waals surface area contributed by atoms with Crippen LogP contribution in [0.5, 0.6) is 5.75 Å². The molecule has 116 valence electrons. The van der Waals surface area contributed by atoms with Crippen LogP contribution in [0.1, 0.15) is 30.3 Å². The lowest BCUT2D eigenvalue weighted by atomic mass is 10.2. The lowest BCUT2D eigenvalue weighted by molar-refractivity contribution is 0.175. The predicted octanol–water partition coefficient (Wildman–Crippen LogP) is 2.33. The van der Waals surface area contributed by atoms with Gasteiger partial charge in [-0.3, -0.25) is 0 Å². The quantitative estimate of drug-likeness (QED) is 0.700. The van der Waals surface area contributed by atoms with Crippen LogP contribution in [-0.2, 0) is 24.3 Å². The third kappa shape index (κ3) is 4.06. The number of methoxy groups -OCH3 is 1. The first-order valence-electron chi connectivity index (χ1n) is 7.31. The van der Waals surface area contributed by atoms with E-state index in [1.165, 1.54) is 5.56 Å². The Hall–Kier alpha value is -2.39. The minimum Gasteiger partial charge on any atom is -0.494 e. The predicted molar refractivity (Wildman–Crippen MR) is 81.4 cm³/mol. The average molecular weight is 300 g/mol. The van der Waals surface area contributed by atoms with E-state index in [0.29, 0.717) is 31.1 Å². The molecule has 0 fully saturated rings. The first-order valence-corrected chi connectivity index (χ1v) is 7.31. The van der Waals surface area contributed by atoms with E-state index < -0.39 is 0 Å². The number of benzene rings is 1. The highest BCUT2D eigenvalue weighted by atomic mass is 16.5. The molecule has 6 nitrogen and oxygen atoms in total. The topological polar surface area (TPSA) is 73.0 Å². The fraction of sp³-hybridized carbons (Fsp3) is 0.438. The molecule has 0 saturated carbocycles. The molecule has 1 aromatic heterocycles. The second-order valence-electron chi connectivity index (χ2n) is 4.85. The lowest BCUT2D eigenvalue weighted by Crippen LogP contribution is -2.10. The third-order valence-corrected chi connectivity index (χ3v) is 3.34. The number of ether oxygens (including phenoxy) is 2. The first kappa shape index (κ1) is 16.0. The van der Waals surface area contributed by atoms with Gasteiger partial charge in [0.15, 0.2) is 5.69 Å². The molecule has 0 bridgehead atoms. The number of aryl methyl sites for hydroxylation is 2. The van der Waals surface area contributed by atoms with Crippen molar-refractivity contribution >= 4 is 0 Å². The highest BCUT2D eigenvalue weighted by Crippen LogP contribution is 2.13. The molecule has 6 heteroatoms. The van der Waals surface area contributed by atoms with E-state index in [-0.39, 0.29) is 0 Å². The van der Waals surface area contributed by atoms with E-state index in [1.807, 2.05) is 18.2 Å². The number of rotatable bonds is 8. The van der Waals surface area contributed by atoms with Crippen molar-refractivity contribution in [2.24, 2.45) is 0 Å². The maximum absolute atomic E-state index is 8.98. The summed E-state index contributed by atoms with van der Waals surface area (Å²) in [5.74, 6) is 0.866. The summed E-state index contributed by atoms with van der Waals surface area (Å²) in [6, 6.07) is 10.1. The molecule has 2 rings (SSSR count). The fourth-order valence-electron chi connectivity index (χ4n) is 2.10. The maximum Gasteiger partial charge on any atom is 0.188 e. The largest absolute Gasteiger partial charge is 0.494 e. The highest BCUT2D eigenvalue weighted by Gasteiger charge is 2.11. The van der Waals surface area contributed by atoms with Crippen LogP contribution in [0.15, 0.2) is 24.3 Å². The van der Waals surface area contributed by atoms with Crippen molar-refractivity contribution < 1.29 is 9.47 Å². The Morgan fingerprint density at radius 3 is 2.68 bits per heavy atom. The van der Waals surface area contributed by atoms with Crippen LogP contribution in [0.4, 0.5) is 0 Å². The van der Waals surface area contributed by atoms with Crippen molar-refractivity contribution in [3.63, 3.8) is 0 Å². The summed E-state index contributed by atoms with van der Waals surface area (Å²) >= 11 is 0. The molecule has 0 aliphatic heterocycles. The third-order valence-electron chi connectivity index (χ3n) is 3.34. The molecule has 0 unspecified atom stereocenters. The molecule has 0 aliphatic carbocycles. The molecule has 2 aromatic rings. The standard InChI is InChI=1S/C16H20N4O2/c1-3-13-5-7-14(8-6-13)22-10-4-9-20-16(12-21-2)15(11-17)18-19-20/h5-8H,3-4,9-10,12H2,1-2H3. The maximum atomic E-state index is 8.98. The minimum atomic E-state index is 0.318. The first-order chi connectivity index (χ1) is 10.8. The molecule has 1 heterocycles. The summed E-state index contributed by atoms with van der Waals surface area (Å²) in [4.78, 5) is 0. The van der Waals surface area contributed by atoms with Crippen LogP contribution in [0.3, 0.4) is 0 Å². The Balaban J connectivity index is 1.83. The zero-order chi connectivity index (χ0) is 15.8. The molecule has 0 radical (unpaired) electrons. The van der Waals surface area contributed by atoms with Gasteiger partial charge in [0, 0.05) is 20.1 Å². The molecule has 1 aromatic carbocycles. The van der Waals surface area contributed by atoms with E-state index >= 15 is 0 Å². The summed E-state index contributed by atoms with van der Waals surface area (Å²) < 4.78 is 12.5. The fourth-order valence-corrected chi connectivity index (χ4v) is 2.10. The van der Waals surface area contributed by atoms with E-state index in [1.54, 1.807) is 11.8 Å². The van der Waals surface area contributed by atoms with Crippen LogP contribution in [0.2, 0.25) is 0 Å². The Labute approximate surface area is 130 Å². The lowest BCUT2D eigenvalue weighted by Gasteiger charge is -2.08. The second-order valence-corrected chi connectivity index (χ2v) is 4.85. The molecule has 0 atom stereocenters. The second kappa shape index (κ2) is 8.15. The number of nitrogens with zero attached hydrogens (tertiary/aromatic N) is 4. The number of hydrogen-bond donors (Lipinski definition) is 0. The van der Waals surface area contributed by atoms with E-state index in [9.17, 15) is 0 Å². The van der Waals surface area contributed by atoms with Gasteiger partial charge in [-0.15, -0.1) is 5.10 Å². The summed E-state index contributed by atoms with van der Waals surface area (Å²) in [6.45, 7) is 3.68. The van der Waals surface area contributed by atoms with Crippen molar-refractivity contribution in [2.75, 3.05) is 13.7 Å². The highest BCUT2D eigenvalue weighted by molar-refractivity contribution is 5.27. The van der Waals surface area contributed by atoms with Gasteiger partial charge in [-0.05, 0) is 24.1 Å². The average Bonchev–Trinajstić information content (AvgIpc) is 2.94. The van der Waals surface area contributed by atoms with Gasteiger partial charge >= 0.3 is 0 Å². The van der Waals surface area contributed by atoms with Crippen molar-refractivity contribution in [2.45, 2.75) is 32.9 Å². The Morgan fingerprint density at radius 2 is 2.05 bits per heavy atom. The SMILES string of the molecule is CCc1ccc(OCCCn2nnc(C#N)c2COC)cc1. The summed E-state index contributed by atoms with van der Waals surface area (Å²) in [5, 5.41) is 16.8. The van der Waals surface area contributed by atoms with E-state index in [2.05, 4.69) is 29.4 Å². The van der Waals surface area contributed by atoms with Gasteiger partial charge in [-0.1, -0.05) is 24.3 Å². The monoisotopic (exact) mass is 300 g/mol. The number of nitriles is 1. The zero-order valence-corrected chi connectivity index (χ0v) is 13.0. The number of aromatic nitrogens is 3. The van der Waals surface area contributed by atoms with Gasteiger partial charge in [0.05, 0.1) is 13.2 Å². The Kier molecular flexibility index (Phi) is 5.92. The Morgan fingerprint density at radius 1 is 1.27 bits per heavy atom. The van der Waals surface area contributed by atoms with Crippen LogP contribution in [-0.4, -0.2) is 28.7 Å². The zero-order valence-electron chi connectivity index (χ0n) is 13.0. The van der Waals surface area contributed by atoms with Gasteiger partial charge in [0.25, 0.3) is 0 Å². The molecule has 0 saturated heterocycles. The van der Waals surface area contributed by atoms with Crippen LogP contribution in [0.25, 0.3) is 0 Å². The van der Waals surface area contributed by atoms with Gasteiger partial charge in [-0.2, -0.15) is 5.26 Å². The van der Waals surface area contributed by atoms with Gasteiger partial charge in [-0.25, -0.2) is 4.68 Å². The van der Waals surface area contributed by atoms with Gasteiger partial charge in [0.1, 0.15) is 17.5 Å². The van der Waals surface area contributed by atoms with Crippen LogP contribution < -0.4 is 4.74 Å². The van der Waals surface area contributed by atoms with Crippen molar-refractivity contribution in [1.29, 1.82) is 5.26 Å². The molecule has 0 amide bonds. The Bertz CT molecular complexity index is 629. The summed E-state index contributed by atoms with van der Waals surface area (Å²) in [5.41, 5.74) is 2.32. The molecule has 0 N–H and O–H groups in total. The summed E-state index contributed by atoms with van der Waals surface area (Å²) in [6.07, 6.45) is 1.80. The van der Waals surface area contributed by atoms with Crippen molar-refractivity contribution in [3.8, 4) is 11.8 Å². The smallest absolute Gasteiger partial charge is 0.188 e. The van der Waals surface area contributed by atoms with Gasteiger partial charge in [0.2, 0.25) is 0 Å². The van der Waals surface area contributed by atoms with Crippen LogP contribution in [0, 0.1) is 11.3 Å². The molecular formula is C16H20N4O2. The van der Waals surface area contributed by atoms with Crippen molar-refractivity contribution in [3.05, 3.63) is 41.2 Å². The van der Waals surface area contributed by atoms with E-state index in [4.69, 9.17) is 14.7 Å². The summed E-state index contributed by atoms with van der Waals surface area (Å²) in [7, 11) is 1.58. The minimum absolute atomic E-state index is 0.318. The number of hydrogen-bond acceptors (Lipinski definition) is 5. The molecule has 22 heavy (non-hydrogen) atoms. The van der Waals surface area contributed by atoms with E-state index in [0.717, 1.165) is 18.6 Å².